The standard InChI is InChI=1S/C10H32N2O24P8/c1-9(3-2-4(11)12,5(37(13,14)15)38(16,17)18)10(6(39(19,20)21)40(22,23)24,7(41(25,26)27)42(28,29)30)8(43(31,32)33)44(34,35)36/h4-8H,2-3,11-12H2,1H3,(H2,13,14,15)(H2,16,17,18)(H2,19,20,21)(H2,22,23,24)(H2,25,26,27)(H2,28,29,30)(H2,31,32,33)(H2,34,35,36). The Morgan fingerprint density at radius 2 is 0.614 bits per heavy atom. The van der Waals surface area contributed by atoms with E-state index < -0.39 is 112 Å². The van der Waals surface area contributed by atoms with Gasteiger partial charge in [-0.3, -0.25) is 36.5 Å². The van der Waals surface area contributed by atoms with Crippen molar-refractivity contribution in [3.8, 4) is 0 Å². The van der Waals surface area contributed by atoms with E-state index in [9.17, 15) is 115 Å². The highest BCUT2D eigenvalue weighted by Crippen LogP contribution is 2.89. The van der Waals surface area contributed by atoms with E-state index in [1.54, 1.807) is 0 Å². The molecule has 44 heavy (non-hydrogen) atoms. The first-order valence-corrected chi connectivity index (χ1v) is 24.0. The molecule has 0 saturated carbocycles. The molecule has 0 amide bonds. The van der Waals surface area contributed by atoms with Crippen LogP contribution >= 0.6 is 60.8 Å². The van der Waals surface area contributed by atoms with E-state index >= 15 is 0 Å². The van der Waals surface area contributed by atoms with Crippen LogP contribution in [0.15, 0.2) is 0 Å². The first-order chi connectivity index (χ1) is 18.6. The van der Waals surface area contributed by atoms with Crippen LogP contribution in [0.4, 0.5) is 0 Å². The van der Waals surface area contributed by atoms with Crippen molar-refractivity contribution in [1.82, 2.24) is 0 Å². The maximum Gasteiger partial charge on any atom is 0.341 e. The molecule has 0 aromatic carbocycles. The molecule has 0 bridgehead atoms. The van der Waals surface area contributed by atoms with Crippen molar-refractivity contribution in [2.75, 3.05) is 0 Å². The molecule has 0 aromatic heterocycles. The predicted octanol–water partition coefficient (Wildman–Crippen LogP) is -3.27. The number of nitrogens with two attached hydrogens (primary N) is 2. The Morgan fingerprint density at radius 3 is 0.750 bits per heavy atom. The van der Waals surface area contributed by atoms with Crippen molar-refractivity contribution in [3.63, 3.8) is 0 Å². The minimum Gasteiger partial charge on any atom is -0.324 e. The Kier molecular flexibility index (Phi) is 13.8. The Labute approximate surface area is 245 Å². The van der Waals surface area contributed by atoms with Gasteiger partial charge in [-0.05, 0) is 12.8 Å². The molecular weight excluding hydrogens is 780 g/mol. The van der Waals surface area contributed by atoms with Gasteiger partial charge in [-0.25, -0.2) is 0 Å². The second-order valence-corrected chi connectivity index (χ2v) is 24.9. The van der Waals surface area contributed by atoms with Crippen molar-refractivity contribution < 1.29 is 115 Å². The largest absolute Gasteiger partial charge is 0.341 e. The molecule has 1 atom stereocenters. The third-order valence-electron chi connectivity index (χ3n) is 6.39. The fraction of sp³-hybridized carbons (Fsp3) is 1.00. The Bertz CT molecular complexity index is 1240. The van der Waals surface area contributed by atoms with Gasteiger partial charge in [0.2, 0.25) is 0 Å². The lowest BCUT2D eigenvalue weighted by Crippen LogP contribution is -2.65. The highest BCUT2D eigenvalue weighted by Gasteiger charge is 2.84. The molecule has 26 nitrogen and oxygen atoms in total. The highest BCUT2D eigenvalue weighted by atomic mass is 31.3. The zero-order valence-corrected chi connectivity index (χ0v) is 28.6. The Hall–Kier alpha value is 1.12. The van der Waals surface area contributed by atoms with Gasteiger partial charge in [0, 0.05) is 5.41 Å². The molecule has 0 spiro atoms. The third kappa shape index (κ3) is 9.85. The van der Waals surface area contributed by atoms with Crippen molar-refractivity contribution in [1.29, 1.82) is 0 Å². The molecule has 0 aliphatic rings. The normalized spacial score (nSPS) is 17.3. The first kappa shape index (κ1) is 45.1. The second kappa shape index (κ2) is 13.4. The van der Waals surface area contributed by atoms with Gasteiger partial charge in [0.1, 0.15) is 0 Å². The summed E-state index contributed by atoms with van der Waals surface area (Å²) in [4.78, 5) is 161. The van der Waals surface area contributed by atoms with E-state index in [-0.39, 0.29) is 6.92 Å². The van der Waals surface area contributed by atoms with Crippen molar-refractivity contribution >= 4 is 60.8 Å². The van der Waals surface area contributed by atoms with E-state index in [4.69, 9.17) is 11.5 Å². The smallest absolute Gasteiger partial charge is 0.324 e. The van der Waals surface area contributed by atoms with Crippen LogP contribution < -0.4 is 11.5 Å². The maximum absolute atomic E-state index is 12.8. The maximum atomic E-state index is 12.8. The second-order valence-electron chi connectivity index (χ2n) is 9.76. The van der Waals surface area contributed by atoms with E-state index in [2.05, 4.69) is 0 Å². The summed E-state index contributed by atoms with van der Waals surface area (Å²) in [6, 6.07) is 0. The molecule has 0 aliphatic carbocycles. The highest BCUT2D eigenvalue weighted by molar-refractivity contribution is 7.75. The lowest BCUT2D eigenvalue weighted by atomic mass is 9.65. The van der Waals surface area contributed by atoms with E-state index in [0.717, 1.165) is 0 Å². The average Bonchev–Trinajstić information content (AvgIpc) is 2.55. The van der Waals surface area contributed by atoms with Gasteiger partial charge in [-0.15, -0.1) is 0 Å². The SMILES string of the molecule is CC(CCC(N)N)(C(P(=O)(O)O)P(=O)(O)O)C(C(P(=O)(O)O)P(=O)(O)O)(C(P(=O)(O)O)P(=O)(O)O)C(P(=O)(O)O)P(=O)(O)O. The molecule has 266 valence electrons. The van der Waals surface area contributed by atoms with Crippen LogP contribution in [0.2, 0.25) is 0 Å². The quantitative estimate of drug-likeness (QED) is 0.0537. The summed E-state index contributed by atoms with van der Waals surface area (Å²) in [6.45, 7) is -0.298. The molecule has 0 heterocycles. The number of hydrogen-bond acceptors (Lipinski definition) is 10. The van der Waals surface area contributed by atoms with E-state index in [1.807, 2.05) is 0 Å². The molecule has 20 N–H and O–H groups in total. The number of hydrogen-bond donors (Lipinski definition) is 18. The van der Waals surface area contributed by atoms with Crippen molar-refractivity contribution in [3.05, 3.63) is 0 Å². The fourth-order valence-corrected chi connectivity index (χ4v) is 22.3. The van der Waals surface area contributed by atoms with Crippen LogP contribution in [0, 0.1) is 10.8 Å². The average molecular weight is 812 g/mol. The topological polar surface area (TPSA) is 512 Å². The van der Waals surface area contributed by atoms with Gasteiger partial charge in [0.25, 0.3) is 0 Å². The summed E-state index contributed by atoms with van der Waals surface area (Å²) in [7, 11) is -58.3. The van der Waals surface area contributed by atoms with E-state index in [0.29, 0.717) is 0 Å². The van der Waals surface area contributed by atoms with Gasteiger partial charge < -0.3 is 89.8 Å². The van der Waals surface area contributed by atoms with Crippen LogP contribution in [0.25, 0.3) is 0 Å². The lowest BCUT2D eigenvalue weighted by Gasteiger charge is -2.60. The zero-order chi connectivity index (χ0) is 36.3. The summed E-state index contributed by atoms with van der Waals surface area (Å²) < 4.78 is 102. The molecule has 0 rings (SSSR count). The third-order valence-corrected chi connectivity index (χ3v) is 22.4. The Morgan fingerprint density at radius 1 is 0.432 bits per heavy atom. The van der Waals surface area contributed by atoms with Crippen LogP contribution in [-0.2, 0) is 36.5 Å². The van der Waals surface area contributed by atoms with Gasteiger partial charge >= 0.3 is 60.8 Å². The predicted molar refractivity (Wildman–Crippen MR) is 143 cm³/mol. The fourth-order valence-electron chi connectivity index (χ4n) is 5.52. The monoisotopic (exact) mass is 812 g/mol. The Balaban J connectivity index is 10.2. The summed E-state index contributed by atoms with van der Waals surface area (Å²) in [6.07, 6.45) is -5.42. The minimum atomic E-state index is -7.40. The van der Waals surface area contributed by atoms with Gasteiger partial charge in [0.05, 0.1) is 11.6 Å². The van der Waals surface area contributed by atoms with Crippen LogP contribution in [-0.4, -0.2) is 106 Å². The van der Waals surface area contributed by atoms with Gasteiger partial charge in [0.15, 0.2) is 21.6 Å². The summed E-state index contributed by atoms with van der Waals surface area (Å²) in [5.41, 5.74) is 0.251. The van der Waals surface area contributed by atoms with Gasteiger partial charge in [-0.1, -0.05) is 6.92 Å². The van der Waals surface area contributed by atoms with Crippen molar-refractivity contribution in [2.24, 2.45) is 22.3 Å². The van der Waals surface area contributed by atoms with E-state index in [1.165, 1.54) is 0 Å². The van der Waals surface area contributed by atoms with Crippen LogP contribution in [0.3, 0.4) is 0 Å². The minimum absolute atomic E-state index is 0.298. The molecule has 0 aliphatic heterocycles. The molecule has 0 aromatic rings. The van der Waals surface area contributed by atoms with Crippen molar-refractivity contribution in [2.45, 2.75) is 47.5 Å². The molecule has 1 unspecified atom stereocenters. The van der Waals surface area contributed by atoms with Crippen LogP contribution in [0.1, 0.15) is 19.8 Å². The number of rotatable bonds is 16. The molecule has 0 radical (unpaired) electrons. The summed E-state index contributed by atoms with van der Waals surface area (Å²) >= 11 is 0. The zero-order valence-electron chi connectivity index (χ0n) is 21.5. The molecule has 0 saturated heterocycles. The van der Waals surface area contributed by atoms with Gasteiger partial charge in [-0.2, -0.15) is 0 Å². The molecule has 34 heteroatoms. The summed E-state index contributed by atoms with van der Waals surface area (Å²) in [5, 5.41) is -19.1. The summed E-state index contributed by atoms with van der Waals surface area (Å²) in [5.74, 6) is 0. The van der Waals surface area contributed by atoms with Crippen LogP contribution in [0.5, 0.6) is 0 Å². The molecular formula is C10H32N2O24P8. The molecule has 0 fully saturated rings. The lowest BCUT2D eigenvalue weighted by molar-refractivity contribution is 0.0383. The first-order valence-electron chi connectivity index (χ1n) is 10.6.